The Morgan fingerprint density at radius 2 is 2.19 bits per heavy atom. The van der Waals surface area contributed by atoms with Crippen molar-refractivity contribution < 1.29 is 4.79 Å². The minimum Gasteiger partial charge on any atom is -0.273 e. The lowest BCUT2D eigenvalue weighted by Crippen LogP contribution is -2.19. The van der Waals surface area contributed by atoms with Gasteiger partial charge in [-0.05, 0) is 24.6 Å². The van der Waals surface area contributed by atoms with Gasteiger partial charge in [0.15, 0.2) is 0 Å². The van der Waals surface area contributed by atoms with Gasteiger partial charge < -0.3 is 0 Å². The number of aromatic nitrogens is 4. The van der Waals surface area contributed by atoms with E-state index in [1.165, 1.54) is 17.6 Å². The van der Waals surface area contributed by atoms with Crippen molar-refractivity contribution in [2.45, 2.75) is 19.9 Å². The van der Waals surface area contributed by atoms with Crippen LogP contribution in [-0.4, -0.2) is 32.1 Å². The van der Waals surface area contributed by atoms with Crippen molar-refractivity contribution in [2.24, 2.45) is 5.10 Å². The Labute approximate surface area is 155 Å². The highest BCUT2D eigenvalue weighted by molar-refractivity contribution is 7.09. The van der Waals surface area contributed by atoms with Crippen molar-refractivity contribution in [1.82, 2.24) is 25.4 Å². The van der Waals surface area contributed by atoms with Crippen LogP contribution in [-0.2, 0) is 17.8 Å². The van der Waals surface area contributed by atoms with E-state index in [1.807, 2.05) is 48.8 Å². The molecule has 2 heterocycles. The number of rotatable bonds is 7. The molecule has 1 aromatic carbocycles. The van der Waals surface area contributed by atoms with Crippen LogP contribution in [0.5, 0.6) is 0 Å². The molecule has 0 saturated carbocycles. The molecule has 2 aromatic heterocycles. The Hall–Kier alpha value is -3.13. The molecule has 0 fully saturated rings. The topological polar surface area (TPSA) is 85.1 Å². The van der Waals surface area contributed by atoms with Gasteiger partial charge in [0.25, 0.3) is 0 Å². The highest BCUT2D eigenvalue weighted by Crippen LogP contribution is 2.08. The van der Waals surface area contributed by atoms with E-state index in [2.05, 4.69) is 25.8 Å². The van der Waals surface area contributed by atoms with Crippen LogP contribution in [0.3, 0.4) is 0 Å². The SMILES string of the molecule is Cc1csc(CC(=O)N/N=C\C=C\c2cn(Cc3ccccc3)nn2)n1. The first kappa shape index (κ1) is 17.7. The number of hydrogen-bond acceptors (Lipinski definition) is 6. The highest BCUT2D eigenvalue weighted by Gasteiger charge is 2.05. The Balaban J connectivity index is 1.45. The zero-order chi connectivity index (χ0) is 18.2. The number of hydrazone groups is 1. The van der Waals surface area contributed by atoms with Crippen LogP contribution in [0.4, 0.5) is 0 Å². The maximum absolute atomic E-state index is 11.7. The van der Waals surface area contributed by atoms with E-state index in [0.29, 0.717) is 6.54 Å². The lowest BCUT2D eigenvalue weighted by Gasteiger charge is -1.98. The van der Waals surface area contributed by atoms with E-state index in [9.17, 15) is 4.79 Å². The lowest BCUT2D eigenvalue weighted by atomic mass is 10.2. The summed E-state index contributed by atoms with van der Waals surface area (Å²) in [6.45, 7) is 2.57. The van der Waals surface area contributed by atoms with E-state index in [-0.39, 0.29) is 12.3 Å². The zero-order valence-electron chi connectivity index (χ0n) is 14.2. The van der Waals surface area contributed by atoms with Gasteiger partial charge in [-0.2, -0.15) is 5.10 Å². The molecule has 7 nitrogen and oxygen atoms in total. The van der Waals surface area contributed by atoms with Crippen LogP contribution < -0.4 is 5.43 Å². The number of nitrogens with one attached hydrogen (secondary N) is 1. The molecule has 0 spiro atoms. The summed E-state index contributed by atoms with van der Waals surface area (Å²) in [6, 6.07) is 10.1. The number of thiazole rings is 1. The molecule has 0 unspecified atom stereocenters. The van der Waals surface area contributed by atoms with Crippen LogP contribution in [0.25, 0.3) is 6.08 Å². The second-order valence-electron chi connectivity index (χ2n) is 5.56. The molecule has 0 aliphatic rings. The molecule has 0 aliphatic heterocycles. The maximum Gasteiger partial charge on any atom is 0.246 e. The summed E-state index contributed by atoms with van der Waals surface area (Å²) in [5, 5.41) is 14.7. The number of carbonyl (C=O) groups is 1. The number of amides is 1. The van der Waals surface area contributed by atoms with Crippen LogP contribution in [0.15, 0.2) is 53.1 Å². The standard InChI is InChI=1S/C18H18N6OS/c1-14-13-26-18(20-14)10-17(25)22-19-9-5-8-16-12-24(23-21-16)11-15-6-3-2-4-7-15/h2-9,12-13H,10-11H2,1H3,(H,22,25)/b8-5+,19-9-. The zero-order valence-corrected chi connectivity index (χ0v) is 15.1. The van der Waals surface area contributed by atoms with E-state index in [4.69, 9.17) is 0 Å². The third-order valence-electron chi connectivity index (χ3n) is 3.34. The summed E-state index contributed by atoms with van der Waals surface area (Å²) in [4.78, 5) is 16.0. The molecule has 0 saturated heterocycles. The molecule has 8 heteroatoms. The van der Waals surface area contributed by atoms with Crippen molar-refractivity contribution in [3.63, 3.8) is 0 Å². The summed E-state index contributed by atoms with van der Waals surface area (Å²) in [6.07, 6.45) is 7.05. The van der Waals surface area contributed by atoms with Gasteiger partial charge >= 0.3 is 0 Å². The van der Waals surface area contributed by atoms with Gasteiger partial charge in [-0.25, -0.2) is 15.1 Å². The second-order valence-corrected chi connectivity index (χ2v) is 6.50. The van der Waals surface area contributed by atoms with Crippen molar-refractivity contribution in [3.05, 3.63) is 69.9 Å². The summed E-state index contributed by atoms with van der Waals surface area (Å²) in [7, 11) is 0. The fraction of sp³-hybridized carbons (Fsp3) is 0.167. The number of benzene rings is 1. The Kier molecular flexibility index (Phi) is 6.00. The number of allylic oxidation sites excluding steroid dienone is 1. The summed E-state index contributed by atoms with van der Waals surface area (Å²) < 4.78 is 1.77. The van der Waals surface area contributed by atoms with Crippen molar-refractivity contribution in [1.29, 1.82) is 0 Å². The molecule has 1 N–H and O–H groups in total. The van der Waals surface area contributed by atoms with Gasteiger partial charge in [0, 0.05) is 17.3 Å². The number of nitrogens with zero attached hydrogens (tertiary/aromatic N) is 5. The number of aryl methyl sites for hydroxylation is 1. The molecule has 3 rings (SSSR count). The molecule has 0 aliphatic carbocycles. The van der Waals surface area contributed by atoms with E-state index in [0.717, 1.165) is 22.0 Å². The highest BCUT2D eigenvalue weighted by atomic mass is 32.1. The molecule has 0 radical (unpaired) electrons. The smallest absolute Gasteiger partial charge is 0.246 e. The predicted molar refractivity (Wildman–Crippen MR) is 102 cm³/mol. The largest absolute Gasteiger partial charge is 0.273 e. The van der Waals surface area contributed by atoms with Crippen LogP contribution in [0.2, 0.25) is 0 Å². The van der Waals surface area contributed by atoms with Gasteiger partial charge in [-0.3, -0.25) is 4.79 Å². The summed E-state index contributed by atoms with van der Waals surface area (Å²) in [5.74, 6) is -0.196. The van der Waals surface area contributed by atoms with Crippen LogP contribution in [0, 0.1) is 6.92 Å². The minimum atomic E-state index is -0.196. The molecule has 132 valence electrons. The van der Waals surface area contributed by atoms with Gasteiger partial charge in [0.1, 0.15) is 10.7 Å². The average molecular weight is 366 g/mol. The molecular weight excluding hydrogens is 348 g/mol. The molecule has 1 amide bonds. The van der Waals surface area contributed by atoms with Crippen LogP contribution >= 0.6 is 11.3 Å². The molecular formula is C18H18N6OS. The number of hydrogen-bond donors (Lipinski definition) is 1. The lowest BCUT2D eigenvalue weighted by molar-refractivity contribution is -0.120. The van der Waals surface area contributed by atoms with Gasteiger partial charge in [-0.1, -0.05) is 35.5 Å². The Morgan fingerprint density at radius 3 is 2.96 bits per heavy atom. The Morgan fingerprint density at radius 1 is 1.35 bits per heavy atom. The van der Waals surface area contributed by atoms with Gasteiger partial charge in [0.2, 0.25) is 5.91 Å². The first-order valence-corrected chi connectivity index (χ1v) is 8.90. The third-order valence-corrected chi connectivity index (χ3v) is 4.31. The van der Waals surface area contributed by atoms with Gasteiger partial charge in [-0.15, -0.1) is 16.4 Å². The fourth-order valence-electron chi connectivity index (χ4n) is 2.19. The molecule has 0 atom stereocenters. The third kappa shape index (κ3) is 5.45. The first-order chi connectivity index (χ1) is 12.7. The first-order valence-electron chi connectivity index (χ1n) is 8.03. The maximum atomic E-state index is 11.7. The Bertz CT molecular complexity index is 913. The van der Waals surface area contributed by atoms with Crippen molar-refractivity contribution >= 4 is 29.5 Å². The second kappa shape index (κ2) is 8.82. The van der Waals surface area contributed by atoms with Crippen LogP contribution in [0.1, 0.15) is 22.0 Å². The monoisotopic (exact) mass is 366 g/mol. The normalized spacial score (nSPS) is 11.4. The van der Waals surface area contributed by atoms with Gasteiger partial charge in [0.05, 0.1) is 19.2 Å². The minimum absolute atomic E-state index is 0.196. The predicted octanol–water partition coefficient (Wildman–Crippen LogP) is 2.45. The molecule has 26 heavy (non-hydrogen) atoms. The molecule has 0 bridgehead atoms. The number of carbonyl (C=O) groups excluding carboxylic acids is 1. The molecule has 3 aromatic rings. The summed E-state index contributed by atoms with van der Waals surface area (Å²) >= 11 is 1.47. The van der Waals surface area contributed by atoms with Crippen molar-refractivity contribution in [3.8, 4) is 0 Å². The van der Waals surface area contributed by atoms with E-state index in [1.54, 1.807) is 16.8 Å². The average Bonchev–Trinajstić information content (AvgIpc) is 3.24. The van der Waals surface area contributed by atoms with E-state index >= 15 is 0 Å². The fourth-order valence-corrected chi connectivity index (χ4v) is 2.96. The quantitative estimate of drug-likeness (QED) is 0.514. The van der Waals surface area contributed by atoms with Crippen molar-refractivity contribution in [2.75, 3.05) is 0 Å². The van der Waals surface area contributed by atoms with E-state index < -0.39 is 0 Å². The summed E-state index contributed by atoms with van der Waals surface area (Å²) in [5.41, 5.74) is 5.27.